The summed E-state index contributed by atoms with van der Waals surface area (Å²) in [6.45, 7) is 4.53. The number of carbonyl (C=O) groups excluding carboxylic acids is 1. The maximum absolute atomic E-state index is 11.8. The van der Waals surface area contributed by atoms with Gasteiger partial charge >= 0.3 is 0 Å². The fourth-order valence-corrected chi connectivity index (χ4v) is 1.75. The molecule has 1 aromatic rings. The van der Waals surface area contributed by atoms with Crippen LogP contribution in [-0.2, 0) is 9.53 Å². The Hall–Kier alpha value is -1.36. The number of aromatic amines is 1. The van der Waals surface area contributed by atoms with Crippen molar-refractivity contribution in [3.63, 3.8) is 0 Å². The number of aromatic nitrogens is 2. The molecule has 5 heteroatoms. The van der Waals surface area contributed by atoms with Crippen LogP contribution in [0.15, 0.2) is 0 Å². The van der Waals surface area contributed by atoms with E-state index in [1.807, 2.05) is 13.8 Å². The highest BCUT2D eigenvalue weighted by Crippen LogP contribution is 2.17. The third kappa shape index (κ3) is 2.24. The molecule has 2 N–H and O–H groups in total. The van der Waals surface area contributed by atoms with E-state index >= 15 is 0 Å². The van der Waals surface area contributed by atoms with E-state index in [-0.39, 0.29) is 12.0 Å². The number of anilines is 1. The van der Waals surface area contributed by atoms with Crippen molar-refractivity contribution < 1.29 is 9.53 Å². The van der Waals surface area contributed by atoms with Gasteiger partial charge in [0.15, 0.2) is 5.82 Å². The Kier molecular flexibility index (Phi) is 3.24. The van der Waals surface area contributed by atoms with Crippen molar-refractivity contribution in [1.82, 2.24) is 10.2 Å². The lowest BCUT2D eigenvalue weighted by Gasteiger charge is -2.21. The molecule has 2 heterocycles. The number of nitrogens with one attached hydrogen (secondary N) is 2. The summed E-state index contributed by atoms with van der Waals surface area (Å²) in [5.74, 6) is 0.519. The quantitative estimate of drug-likeness (QED) is 0.799. The number of H-pyrrole nitrogens is 1. The summed E-state index contributed by atoms with van der Waals surface area (Å²) >= 11 is 0. The van der Waals surface area contributed by atoms with Gasteiger partial charge in [0, 0.05) is 17.9 Å². The smallest absolute Gasteiger partial charge is 0.254 e. The highest BCUT2D eigenvalue weighted by molar-refractivity contribution is 5.94. The van der Waals surface area contributed by atoms with Gasteiger partial charge in [0.2, 0.25) is 0 Å². The Balaban J connectivity index is 1.98. The normalized spacial score (nSPS) is 20.8. The zero-order valence-electron chi connectivity index (χ0n) is 9.67. The molecule has 1 aliphatic rings. The standard InChI is InChI=1S/C11H17N3O2/c1-7-8(2)13-14-10(7)12-11(15)9-5-3-4-6-16-9/h9H,3-6H2,1-2H3,(H2,12,13,14,15). The Morgan fingerprint density at radius 3 is 2.88 bits per heavy atom. The van der Waals surface area contributed by atoms with Gasteiger partial charge in [-0.15, -0.1) is 0 Å². The third-order valence-corrected chi connectivity index (χ3v) is 2.97. The molecule has 16 heavy (non-hydrogen) atoms. The lowest BCUT2D eigenvalue weighted by atomic mass is 10.1. The Bertz CT molecular complexity index is 381. The second kappa shape index (κ2) is 4.65. The number of hydrogen-bond acceptors (Lipinski definition) is 3. The van der Waals surface area contributed by atoms with Gasteiger partial charge < -0.3 is 10.1 Å². The molecule has 1 atom stereocenters. The molecule has 0 aromatic carbocycles. The predicted octanol–water partition coefficient (Wildman–Crippen LogP) is 1.53. The molecular weight excluding hydrogens is 206 g/mol. The van der Waals surface area contributed by atoms with Crippen LogP contribution in [0.5, 0.6) is 0 Å². The van der Waals surface area contributed by atoms with Gasteiger partial charge in [0.25, 0.3) is 5.91 Å². The largest absolute Gasteiger partial charge is 0.368 e. The maximum atomic E-state index is 11.8. The first-order valence-corrected chi connectivity index (χ1v) is 5.62. The number of rotatable bonds is 2. The Morgan fingerprint density at radius 2 is 2.31 bits per heavy atom. The summed E-state index contributed by atoms with van der Waals surface area (Å²) in [6.07, 6.45) is 2.58. The van der Waals surface area contributed by atoms with Crippen LogP contribution in [0.25, 0.3) is 0 Å². The average molecular weight is 223 g/mol. The molecule has 2 rings (SSSR count). The summed E-state index contributed by atoms with van der Waals surface area (Å²) in [7, 11) is 0. The van der Waals surface area contributed by atoms with Crippen molar-refractivity contribution in [1.29, 1.82) is 0 Å². The number of hydrogen-bond donors (Lipinski definition) is 2. The monoisotopic (exact) mass is 223 g/mol. The molecule has 1 aromatic heterocycles. The van der Waals surface area contributed by atoms with Crippen LogP contribution in [0.1, 0.15) is 30.5 Å². The van der Waals surface area contributed by atoms with E-state index in [0.717, 1.165) is 30.5 Å². The van der Waals surface area contributed by atoms with E-state index in [1.165, 1.54) is 0 Å². The summed E-state index contributed by atoms with van der Waals surface area (Å²) in [5.41, 5.74) is 1.95. The lowest BCUT2D eigenvalue weighted by Crippen LogP contribution is -2.33. The van der Waals surface area contributed by atoms with E-state index in [2.05, 4.69) is 15.5 Å². The Labute approximate surface area is 94.6 Å². The lowest BCUT2D eigenvalue weighted by molar-refractivity contribution is -0.130. The fraction of sp³-hybridized carbons (Fsp3) is 0.636. The summed E-state index contributed by atoms with van der Waals surface area (Å²) in [5, 5.41) is 9.67. The number of amides is 1. The topological polar surface area (TPSA) is 67.0 Å². The fourth-order valence-electron chi connectivity index (χ4n) is 1.75. The first-order chi connectivity index (χ1) is 7.68. The molecule has 1 unspecified atom stereocenters. The summed E-state index contributed by atoms with van der Waals surface area (Å²) in [6, 6.07) is 0. The number of carbonyl (C=O) groups is 1. The van der Waals surface area contributed by atoms with Gasteiger partial charge in [-0.2, -0.15) is 5.10 Å². The molecule has 88 valence electrons. The van der Waals surface area contributed by atoms with Gasteiger partial charge in [-0.25, -0.2) is 0 Å². The van der Waals surface area contributed by atoms with Crippen LogP contribution in [0, 0.1) is 13.8 Å². The summed E-state index contributed by atoms with van der Waals surface area (Å²) in [4.78, 5) is 11.8. The highest BCUT2D eigenvalue weighted by Gasteiger charge is 2.23. The van der Waals surface area contributed by atoms with E-state index in [4.69, 9.17) is 4.74 Å². The van der Waals surface area contributed by atoms with E-state index in [1.54, 1.807) is 0 Å². The second-order valence-corrected chi connectivity index (χ2v) is 4.17. The van der Waals surface area contributed by atoms with Gasteiger partial charge in [0.1, 0.15) is 6.10 Å². The third-order valence-electron chi connectivity index (χ3n) is 2.97. The minimum atomic E-state index is -0.315. The molecule has 1 aliphatic heterocycles. The minimum absolute atomic E-state index is 0.0886. The SMILES string of the molecule is Cc1[nH]nc(NC(=O)C2CCCCO2)c1C. The molecule has 1 fully saturated rings. The van der Waals surface area contributed by atoms with Crippen LogP contribution in [-0.4, -0.2) is 28.8 Å². The van der Waals surface area contributed by atoms with Gasteiger partial charge in [0.05, 0.1) is 0 Å². The maximum Gasteiger partial charge on any atom is 0.254 e. The molecule has 0 saturated carbocycles. The van der Waals surface area contributed by atoms with Crippen molar-refractivity contribution in [2.75, 3.05) is 11.9 Å². The van der Waals surface area contributed by atoms with Gasteiger partial charge in [-0.05, 0) is 33.1 Å². The van der Waals surface area contributed by atoms with Crippen molar-refractivity contribution in [3.05, 3.63) is 11.3 Å². The molecule has 0 spiro atoms. The van der Waals surface area contributed by atoms with Gasteiger partial charge in [-0.1, -0.05) is 0 Å². The minimum Gasteiger partial charge on any atom is -0.368 e. The van der Waals surface area contributed by atoms with Crippen molar-refractivity contribution in [2.24, 2.45) is 0 Å². The predicted molar refractivity (Wildman–Crippen MR) is 60.3 cm³/mol. The first kappa shape index (κ1) is 11.1. The molecule has 0 radical (unpaired) electrons. The number of nitrogens with zero attached hydrogens (tertiary/aromatic N) is 1. The zero-order valence-corrected chi connectivity index (χ0v) is 9.67. The van der Waals surface area contributed by atoms with Gasteiger partial charge in [-0.3, -0.25) is 9.89 Å². The molecule has 1 saturated heterocycles. The van der Waals surface area contributed by atoms with Crippen LogP contribution < -0.4 is 5.32 Å². The van der Waals surface area contributed by atoms with Crippen molar-refractivity contribution >= 4 is 11.7 Å². The molecule has 1 amide bonds. The zero-order chi connectivity index (χ0) is 11.5. The number of ether oxygens (including phenoxy) is 1. The van der Waals surface area contributed by atoms with Crippen LogP contribution >= 0.6 is 0 Å². The van der Waals surface area contributed by atoms with Crippen molar-refractivity contribution in [2.45, 2.75) is 39.2 Å². The van der Waals surface area contributed by atoms with Crippen LogP contribution in [0.3, 0.4) is 0 Å². The molecular formula is C11H17N3O2. The molecule has 5 nitrogen and oxygen atoms in total. The van der Waals surface area contributed by atoms with E-state index < -0.39 is 0 Å². The Morgan fingerprint density at radius 1 is 1.50 bits per heavy atom. The second-order valence-electron chi connectivity index (χ2n) is 4.17. The highest BCUT2D eigenvalue weighted by atomic mass is 16.5. The van der Waals surface area contributed by atoms with Crippen molar-refractivity contribution in [3.8, 4) is 0 Å². The number of aryl methyl sites for hydroxylation is 1. The van der Waals surface area contributed by atoms with Crippen LogP contribution in [0.2, 0.25) is 0 Å². The molecule has 0 aliphatic carbocycles. The average Bonchev–Trinajstić information content (AvgIpc) is 2.62. The van der Waals surface area contributed by atoms with E-state index in [9.17, 15) is 4.79 Å². The van der Waals surface area contributed by atoms with Crippen LogP contribution in [0.4, 0.5) is 5.82 Å². The first-order valence-electron chi connectivity index (χ1n) is 5.62. The molecule has 0 bridgehead atoms. The summed E-state index contributed by atoms with van der Waals surface area (Å²) < 4.78 is 5.41. The van der Waals surface area contributed by atoms with E-state index in [0.29, 0.717) is 12.4 Å².